The van der Waals surface area contributed by atoms with Gasteiger partial charge in [-0.1, -0.05) is 0 Å². The molecular weight excluding hydrogens is 186 g/mol. The first-order valence-corrected chi connectivity index (χ1v) is 6.24. The van der Waals surface area contributed by atoms with E-state index in [9.17, 15) is 0 Å². The summed E-state index contributed by atoms with van der Waals surface area (Å²) in [7, 11) is 6.49. The minimum absolute atomic E-state index is 0.931. The van der Waals surface area contributed by atoms with Crippen LogP contribution in [0.4, 0.5) is 0 Å². The fourth-order valence-corrected chi connectivity index (χ4v) is 2.33. The molecule has 0 bridgehead atoms. The van der Waals surface area contributed by atoms with Crippen molar-refractivity contribution in [3.8, 4) is 0 Å². The van der Waals surface area contributed by atoms with Crippen LogP contribution in [0.3, 0.4) is 0 Å². The van der Waals surface area contributed by atoms with Crippen LogP contribution < -0.4 is 5.32 Å². The maximum Gasteiger partial charge on any atom is 0.0104 e. The number of likely N-dealkylation sites (N-methyl/N-ethyl adjacent to an activating group) is 2. The maximum absolute atomic E-state index is 3.19. The number of nitrogens with zero attached hydrogens (tertiary/aromatic N) is 2. The highest BCUT2D eigenvalue weighted by atomic mass is 15.1. The van der Waals surface area contributed by atoms with Crippen LogP contribution in [0, 0.1) is 5.92 Å². The highest BCUT2D eigenvalue weighted by molar-refractivity contribution is 4.71. The van der Waals surface area contributed by atoms with Crippen molar-refractivity contribution in [2.24, 2.45) is 5.92 Å². The molecule has 1 N–H and O–H groups in total. The molecular formula is C12H27N3. The molecule has 90 valence electrons. The first-order valence-electron chi connectivity index (χ1n) is 6.24. The maximum atomic E-state index is 3.19. The van der Waals surface area contributed by atoms with Crippen molar-refractivity contribution in [2.45, 2.75) is 19.3 Å². The van der Waals surface area contributed by atoms with Crippen LogP contribution in [0.15, 0.2) is 0 Å². The molecule has 1 aliphatic rings. The molecule has 0 radical (unpaired) electrons. The van der Waals surface area contributed by atoms with E-state index in [0.717, 1.165) is 12.5 Å². The molecule has 1 aliphatic heterocycles. The second-order valence-electron chi connectivity index (χ2n) is 4.97. The molecule has 0 amide bonds. The number of likely N-dealkylation sites (tertiary alicyclic amines) is 1. The normalized spacial score (nSPS) is 23.6. The Balaban J connectivity index is 2.07. The Morgan fingerprint density at radius 1 is 1.40 bits per heavy atom. The van der Waals surface area contributed by atoms with Gasteiger partial charge in [-0.05, 0) is 59.4 Å². The van der Waals surface area contributed by atoms with Gasteiger partial charge in [0, 0.05) is 19.6 Å². The van der Waals surface area contributed by atoms with Gasteiger partial charge in [0.15, 0.2) is 0 Å². The van der Waals surface area contributed by atoms with E-state index in [1.165, 1.54) is 45.4 Å². The molecule has 0 aromatic carbocycles. The van der Waals surface area contributed by atoms with Crippen LogP contribution in [-0.4, -0.2) is 63.7 Å². The quantitative estimate of drug-likeness (QED) is 0.706. The number of rotatable bonds is 6. The molecule has 3 nitrogen and oxygen atoms in total. The summed E-state index contributed by atoms with van der Waals surface area (Å²) in [4.78, 5) is 4.91. The third-order valence-electron chi connectivity index (χ3n) is 3.38. The lowest BCUT2D eigenvalue weighted by atomic mass is 9.95. The summed E-state index contributed by atoms with van der Waals surface area (Å²) < 4.78 is 0. The fraction of sp³-hybridized carbons (Fsp3) is 1.00. The minimum atomic E-state index is 0.931. The second kappa shape index (κ2) is 7.20. The van der Waals surface area contributed by atoms with Gasteiger partial charge in [-0.2, -0.15) is 0 Å². The van der Waals surface area contributed by atoms with Gasteiger partial charge in [0.25, 0.3) is 0 Å². The highest BCUT2D eigenvalue weighted by Crippen LogP contribution is 2.18. The van der Waals surface area contributed by atoms with Crippen molar-refractivity contribution in [1.29, 1.82) is 0 Å². The molecule has 1 atom stereocenters. The number of hydrogen-bond donors (Lipinski definition) is 1. The van der Waals surface area contributed by atoms with E-state index in [0.29, 0.717) is 0 Å². The largest absolute Gasteiger partial charge is 0.318 e. The summed E-state index contributed by atoms with van der Waals surface area (Å²) in [6.07, 6.45) is 4.19. The SMILES string of the molecule is CNCCN(C)CCC1CCCN(C)C1. The van der Waals surface area contributed by atoms with Gasteiger partial charge in [0.2, 0.25) is 0 Å². The van der Waals surface area contributed by atoms with Crippen molar-refractivity contribution >= 4 is 0 Å². The molecule has 1 fully saturated rings. The molecule has 15 heavy (non-hydrogen) atoms. The number of piperidine rings is 1. The zero-order valence-electron chi connectivity index (χ0n) is 10.6. The standard InChI is InChI=1S/C12H27N3/c1-13-7-10-14(2)9-6-12-5-4-8-15(3)11-12/h12-13H,4-11H2,1-3H3. The smallest absolute Gasteiger partial charge is 0.0104 e. The molecule has 1 unspecified atom stereocenters. The first kappa shape index (κ1) is 12.9. The Hall–Kier alpha value is -0.120. The lowest BCUT2D eigenvalue weighted by molar-refractivity contribution is 0.186. The van der Waals surface area contributed by atoms with Gasteiger partial charge in [0.1, 0.15) is 0 Å². The molecule has 1 heterocycles. The summed E-state index contributed by atoms with van der Waals surface area (Å²) in [6, 6.07) is 0. The summed E-state index contributed by atoms with van der Waals surface area (Å²) in [5.74, 6) is 0.931. The summed E-state index contributed by atoms with van der Waals surface area (Å²) in [5.41, 5.74) is 0. The average molecular weight is 213 g/mol. The van der Waals surface area contributed by atoms with Crippen molar-refractivity contribution < 1.29 is 0 Å². The molecule has 3 heteroatoms. The van der Waals surface area contributed by atoms with Crippen LogP contribution in [0.2, 0.25) is 0 Å². The molecule has 1 rings (SSSR count). The zero-order valence-corrected chi connectivity index (χ0v) is 10.6. The van der Waals surface area contributed by atoms with E-state index in [1.54, 1.807) is 0 Å². The number of hydrogen-bond acceptors (Lipinski definition) is 3. The predicted molar refractivity (Wildman–Crippen MR) is 66.3 cm³/mol. The predicted octanol–water partition coefficient (Wildman–Crippen LogP) is 0.870. The summed E-state index contributed by atoms with van der Waals surface area (Å²) in [6.45, 7) is 6.12. The third-order valence-corrected chi connectivity index (χ3v) is 3.38. The monoisotopic (exact) mass is 213 g/mol. The molecule has 0 aliphatic carbocycles. The van der Waals surface area contributed by atoms with E-state index < -0.39 is 0 Å². The van der Waals surface area contributed by atoms with Crippen LogP contribution in [0.25, 0.3) is 0 Å². The van der Waals surface area contributed by atoms with Crippen molar-refractivity contribution in [3.63, 3.8) is 0 Å². The Kier molecular flexibility index (Phi) is 6.22. The van der Waals surface area contributed by atoms with E-state index >= 15 is 0 Å². The molecule has 0 spiro atoms. The van der Waals surface area contributed by atoms with Gasteiger partial charge in [-0.25, -0.2) is 0 Å². The lowest BCUT2D eigenvalue weighted by Crippen LogP contribution is -2.35. The zero-order chi connectivity index (χ0) is 11.1. The summed E-state index contributed by atoms with van der Waals surface area (Å²) in [5, 5.41) is 3.19. The van der Waals surface area contributed by atoms with Crippen molar-refractivity contribution in [2.75, 3.05) is 53.9 Å². The molecule has 1 saturated heterocycles. The van der Waals surface area contributed by atoms with Crippen LogP contribution in [-0.2, 0) is 0 Å². The summed E-state index contributed by atoms with van der Waals surface area (Å²) >= 11 is 0. The van der Waals surface area contributed by atoms with Gasteiger partial charge in [-0.3, -0.25) is 0 Å². The van der Waals surface area contributed by atoms with Gasteiger partial charge in [-0.15, -0.1) is 0 Å². The fourth-order valence-electron chi connectivity index (χ4n) is 2.33. The van der Waals surface area contributed by atoms with Gasteiger partial charge >= 0.3 is 0 Å². The van der Waals surface area contributed by atoms with Crippen LogP contribution >= 0.6 is 0 Å². The van der Waals surface area contributed by atoms with Gasteiger partial charge < -0.3 is 15.1 Å². The van der Waals surface area contributed by atoms with Crippen molar-refractivity contribution in [3.05, 3.63) is 0 Å². The Labute approximate surface area is 94.8 Å². The molecule has 0 aromatic rings. The highest BCUT2D eigenvalue weighted by Gasteiger charge is 2.16. The van der Waals surface area contributed by atoms with E-state index in [1.807, 2.05) is 7.05 Å². The van der Waals surface area contributed by atoms with Crippen LogP contribution in [0.5, 0.6) is 0 Å². The number of nitrogens with one attached hydrogen (secondary N) is 1. The Morgan fingerprint density at radius 3 is 2.87 bits per heavy atom. The first-order chi connectivity index (χ1) is 7.22. The van der Waals surface area contributed by atoms with Gasteiger partial charge in [0.05, 0.1) is 0 Å². The van der Waals surface area contributed by atoms with E-state index in [2.05, 4.69) is 29.2 Å². The second-order valence-corrected chi connectivity index (χ2v) is 4.97. The Bertz CT molecular complexity index is 161. The van der Waals surface area contributed by atoms with E-state index in [4.69, 9.17) is 0 Å². The van der Waals surface area contributed by atoms with E-state index in [-0.39, 0.29) is 0 Å². The molecule has 0 aromatic heterocycles. The molecule has 0 saturated carbocycles. The minimum Gasteiger partial charge on any atom is -0.318 e. The average Bonchev–Trinajstić information content (AvgIpc) is 2.23. The van der Waals surface area contributed by atoms with Crippen molar-refractivity contribution in [1.82, 2.24) is 15.1 Å². The van der Waals surface area contributed by atoms with Crippen LogP contribution in [0.1, 0.15) is 19.3 Å². The topological polar surface area (TPSA) is 18.5 Å². The lowest BCUT2D eigenvalue weighted by Gasteiger charge is -2.30. The Morgan fingerprint density at radius 2 is 2.20 bits per heavy atom. The third kappa shape index (κ3) is 5.50.